The highest BCUT2D eigenvalue weighted by atomic mass is 16.5. The van der Waals surface area contributed by atoms with E-state index in [2.05, 4.69) is 16.0 Å². The molecule has 2 aromatic rings. The molecule has 164 valence electrons. The van der Waals surface area contributed by atoms with Crippen LogP contribution >= 0.6 is 0 Å². The molecule has 0 aromatic heterocycles. The Morgan fingerprint density at radius 1 is 0.935 bits per heavy atom. The summed E-state index contributed by atoms with van der Waals surface area (Å²) in [5.74, 6) is 0.0678. The van der Waals surface area contributed by atoms with E-state index < -0.39 is 0 Å². The van der Waals surface area contributed by atoms with Crippen molar-refractivity contribution in [1.82, 2.24) is 10.6 Å². The fourth-order valence-corrected chi connectivity index (χ4v) is 3.14. The Morgan fingerprint density at radius 3 is 2.23 bits per heavy atom. The number of amides is 3. The van der Waals surface area contributed by atoms with Gasteiger partial charge in [-0.1, -0.05) is 0 Å². The molecular formula is C23H27N3O5. The average Bonchev–Trinajstić information content (AvgIpc) is 3.33. The molecule has 0 spiro atoms. The van der Waals surface area contributed by atoms with Crippen LogP contribution in [0.2, 0.25) is 0 Å². The Kier molecular flexibility index (Phi) is 8.00. The monoisotopic (exact) mass is 425 g/mol. The molecule has 1 aliphatic heterocycles. The number of hydrogen-bond acceptors (Lipinski definition) is 5. The fraction of sp³-hybridized carbons (Fsp3) is 0.348. The maximum atomic E-state index is 12.4. The largest absolute Gasteiger partial charge is 0.494 e. The third kappa shape index (κ3) is 6.55. The van der Waals surface area contributed by atoms with Crippen LogP contribution in [-0.2, 0) is 9.53 Å². The molecule has 3 rings (SSSR count). The lowest BCUT2D eigenvalue weighted by atomic mass is 10.1. The number of rotatable bonds is 9. The van der Waals surface area contributed by atoms with Crippen LogP contribution in [0, 0.1) is 0 Å². The second-order valence-electron chi connectivity index (χ2n) is 7.04. The predicted molar refractivity (Wildman–Crippen MR) is 116 cm³/mol. The van der Waals surface area contributed by atoms with Gasteiger partial charge in [-0.05, 0) is 68.3 Å². The van der Waals surface area contributed by atoms with Crippen LogP contribution in [-0.4, -0.2) is 50.1 Å². The van der Waals surface area contributed by atoms with Gasteiger partial charge in [0, 0.05) is 36.5 Å². The van der Waals surface area contributed by atoms with Crippen LogP contribution in [0.1, 0.15) is 40.5 Å². The third-order valence-corrected chi connectivity index (χ3v) is 4.76. The highest BCUT2D eigenvalue weighted by Gasteiger charge is 2.22. The molecule has 1 heterocycles. The van der Waals surface area contributed by atoms with Gasteiger partial charge in [-0.15, -0.1) is 0 Å². The number of hydrogen-bond donors (Lipinski definition) is 3. The highest BCUT2D eigenvalue weighted by molar-refractivity contribution is 6.04. The van der Waals surface area contributed by atoms with E-state index in [9.17, 15) is 14.4 Å². The summed E-state index contributed by atoms with van der Waals surface area (Å²) in [7, 11) is 0. The zero-order valence-electron chi connectivity index (χ0n) is 17.5. The van der Waals surface area contributed by atoms with Crippen molar-refractivity contribution in [2.75, 3.05) is 31.6 Å². The minimum atomic E-state index is -0.374. The molecule has 1 aliphatic rings. The van der Waals surface area contributed by atoms with Gasteiger partial charge in [-0.2, -0.15) is 0 Å². The minimum absolute atomic E-state index is 0.139. The van der Waals surface area contributed by atoms with Crippen molar-refractivity contribution in [1.29, 1.82) is 0 Å². The lowest BCUT2D eigenvalue weighted by Gasteiger charge is -2.11. The van der Waals surface area contributed by atoms with Gasteiger partial charge in [0.15, 0.2) is 0 Å². The zero-order chi connectivity index (χ0) is 22.1. The maximum absolute atomic E-state index is 12.4. The van der Waals surface area contributed by atoms with E-state index in [0.717, 1.165) is 12.8 Å². The molecule has 3 N–H and O–H groups in total. The number of ether oxygens (including phenoxy) is 2. The molecule has 0 saturated carbocycles. The van der Waals surface area contributed by atoms with Gasteiger partial charge in [0.05, 0.1) is 6.61 Å². The molecule has 1 atom stereocenters. The van der Waals surface area contributed by atoms with Crippen molar-refractivity contribution in [2.24, 2.45) is 0 Å². The van der Waals surface area contributed by atoms with Gasteiger partial charge in [0.2, 0.25) is 5.91 Å². The lowest BCUT2D eigenvalue weighted by Crippen LogP contribution is -2.39. The fourth-order valence-electron chi connectivity index (χ4n) is 3.14. The number of benzene rings is 2. The van der Waals surface area contributed by atoms with Crippen molar-refractivity contribution in [2.45, 2.75) is 25.9 Å². The summed E-state index contributed by atoms with van der Waals surface area (Å²) in [5.41, 5.74) is 1.55. The smallest absolute Gasteiger partial charge is 0.255 e. The van der Waals surface area contributed by atoms with Crippen molar-refractivity contribution in [3.8, 4) is 5.75 Å². The Hall–Kier alpha value is -3.39. The van der Waals surface area contributed by atoms with Gasteiger partial charge in [-0.25, -0.2) is 0 Å². The molecule has 1 fully saturated rings. The molecule has 8 nitrogen and oxygen atoms in total. The van der Waals surface area contributed by atoms with Gasteiger partial charge < -0.3 is 25.4 Å². The summed E-state index contributed by atoms with van der Waals surface area (Å²) >= 11 is 0. The van der Waals surface area contributed by atoms with Crippen molar-refractivity contribution >= 4 is 23.4 Å². The first-order valence-electron chi connectivity index (χ1n) is 10.4. The summed E-state index contributed by atoms with van der Waals surface area (Å²) in [6.07, 6.45) is 1.26. The Labute approximate surface area is 181 Å². The third-order valence-electron chi connectivity index (χ3n) is 4.76. The van der Waals surface area contributed by atoms with E-state index in [1.54, 1.807) is 48.5 Å². The normalized spacial score (nSPS) is 15.2. The molecule has 0 radical (unpaired) electrons. The van der Waals surface area contributed by atoms with E-state index in [1.165, 1.54) is 0 Å². The van der Waals surface area contributed by atoms with E-state index >= 15 is 0 Å². The van der Waals surface area contributed by atoms with Crippen molar-refractivity contribution < 1.29 is 23.9 Å². The first kappa shape index (κ1) is 22.3. The molecule has 0 bridgehead atoms. The Morgan fingerprint density at radius 2 is 1.58 bits per heavy atom. The molecular weight excluding hydrogens is 398 g/mol. The number of carbonyl (C=O) groups is 3. The molecule has 1 saturated heterocycles. The first-order chi connectivity index (χ1) is 15.1. The highest BCUT2D eigenvalue weighted by Crippen LogP contribution is 2.15. The summed E-state index contributed by atoms with van der Waals surface area (Å²) < 4.78 is 10.7. The van der Waals surface area contributed by atoms with Gasteiger partial charge in [0.25, 0.3) is 11.8 Å². The molecule has 31 heavy (non-hydrogen) atoms. The van der Waals surface area contributed by atoms with Crippen LogP contribution in [0.25, 0.3) is 0 Å². The van der Waals surface area contributed by atoms with E-state index in [-0.39, 0.29) is 23.8 Å². The van der Waals surface area contributed by atoms with Crippen LogP contribution in [0.15, 0.2) is 48.5 Å². The predicted octanol–water partition coefficient (Wildman–Crippen LogP) is 2.36. The Balaban J connectivity index is 1.42. The topological polar surface area (TPSA) is 106 Å². The summed E-state index contributed by atoms with van der Waals surface area (Å²) in [4.78, 5) is 36.4. The molecule has 8 heteroatoms. The van der Waals surface area contributed by atoms with Crippen molar-refractivity contribution in [3.63, 3.8) is 0 Å². The maximum Gasteiger partial charge on any atom is 0.255 e. The second kappa shape index (κ2) is 11.1. The molecule has 3 amide bonds. The van der Waals surface area contributed by atoms with Gasteiger partial charge in [-0.3, -0.25) is 14.4 Å². The summed E-state index contributed by atoms with van der Waals surface area (Å²) in [5, 5.41) is 8.30. The number of nitrogens with one attached hydrogen (secondary N) is 3. The van der Waals surface area contributed by atoms with Crippen LogP contribution < -0.4 is 20.7 Å². The van der Waals surface area contributed by atoms with Gasteiger partial charge >= 0.3 is 0 Å². The summed E-state index contributed by atoms with van der Waals surface area (Å²) in [6, 6.07) is 13.5. The summed E-state index contributed by atoms with van der Waals surface area (Å²) in [6.45, 7) is 3.73. The van der Waals surface area contributed by atoms with Crippen LogP contribution in [0.5, 0.6) is 5.75 Å². The van der Waals surface area contributed by atoms with E-state index in [1.807, 2.05) is 6.92 Å². The lowest BCUT2D eigenvalue weighted by molar-refractivity contribution is -0.129. The average molecular weight is 425 g/mol. The molecule has 2 aromatic carbocycles. The first-order valence-corrected chi connectivity index (χ1v) is 10.4. The van der Waals surface area contributed by atoms with Crippen LogP contribution in [0.3, 0.4) is 0 Å². The standard InChI is InChI=1S/C23H27N3O5/c1-2-30-19-11-7-17(8-12-19)22(28)26-18-9-5-16(6-10-18)21(27)24-13-14-25-23(29)20-4-3-15-31-20/h5-12,20H,2-4,13-15H2,1H3,(H,24,27)(H,25,29)(H,26,28). The SMILES string of the molecule is CCOc1ccc(C(=O)Nc2ccc(C(=O)NCCNC(=O)C3CCCO3)cc2)cc1. The van der Waals surface area contributed by atoms with Gasteiger partial charge in [0.1, 0.15) is 11.9 Å². The Bertz CT molecular complexity index is 890. The van der Waals surface area contributed by atoms with Crippen LogP contribution in [0.4, 0.5) is 5.69 Å². The number of carbonyl (C=O) groups excluding carboxylic acids is 3. The molecule has 1 unspecified atom stereocenters. The zero-order valence-corrected chi connectivity index (χ0v) is 17.5. The second-order valence-corrected chi connectivity index (χ2v) is 7.04. The number of anilines is 1. The van der Waals surface area contributed by atoms with E-state index in [4.69, 9.17) is 9.47 Å². The quantitative estimate of drug-likeness (QED) is 0.535. The van der Waals surface area contributed by atoms with E-state index in [0.29, 0.717) is 48.9 Å². The van der Waals surface area contributed by atoms with Crippen molar-refractivity contribution in [3.05, 3.63) is 59.7 Å². The minimum Gasteiger partial charge on any atom is -0.494 e. The molecule has 0 aliphatic carbocycles.